The van der Waals surface area contributed by atoms with Crippen LogP contribution in [-0.4, -0.2) is 33.9 Å². The second-order valence-electron chi connectivity index (χ2n) is 11.7. The van der Waals surface area contributed by atoms with E-state index in [9.17, 15) is 4.79 Å². The van der Waals surface area contributed by atoms with Gasteiger partial charge in [-0.15, -0.1) is 0 Å². The van der Waals surface area contributed by atoms with Crippen LogP contribution in [0.3, 0.4) is 0 Å². The fraction of sp³-hybridized carbons (Fsp3) is 0.270. The molecule has 3 heterocycles. The number of ether oxygens (including phenoxy) is 3. The molecule has 0 unspecified atom stereocenters. The summed E-state index contributed by atoms with van der Waals surface area (Å²) in [7, 11) is 0. The van der Waals surface area contributed by atoms with Gasteiger partial charge in [0.15, 0.2) is 0 Å². The maximum Gasteiger partial charge on any atom is 0.306 e. The smallest absolute Gasteiger partial charge is 0.306 e. The summed E-state index contributed by atoms with van der Waals surface area (Å²) in [5.41, 5.74) is 4.12. The fourth-order valence-corrected chi connectivity index (χ4v) is 7.44. The van der Waals surface area contributed by atoms with Crippen LogP contribution in [-0.2, 0) is 22.7 Å². The predicted molar refractivity (Wildman–Crippen MR) is 184 cm³/mol. The molecule has 6 aromatic rings. The molecule has 0 radical (unpaired) electrons. The summed E-state index contributed by atoms with van der Waals surface area (Å²) < 4.78 is 19.7. The van der Waals surface area contributed by atoms with E-state index < -0.39 is 0 Å². The second kappa shape index (κ2) is 14.4. The molecule has 2 aromatic heterocycles. The van der Waals surface area contributed by atoms with Gasteiger partial charge in [-0.2, -0.15) is 0 Å². The van der Waals surface area contributed by atoms with Crippen LogP contribution < -0.4 is 9.47 Å². The van der Waals surface area contributed by atoms with Gasteiger partial charge in [0.1, 0.15) is 18.1 Å². The van der Waals surface area contributed by atoms with Crippen LogP contribution >= 0.6 is 22.7 Å². The van der Waals surface area contributed by atoms with Gasteiger partial charge in [-0.25, -0.2) is 9.97 Å². The highest BCUT2D eigenvalue weighted by atomic mass is 32.1. The molecule has 1 saturated heterocycles. The SMILES string of the molecule is O=C(CCCC1CCN(Cc2ccc(Oc3nc4ccccc4s3)cc2)CC1)OCc1ccc(Oc2nc3ccccc3s2)cc1. The Morgan fingerprint density at radius 1 is 0.717 bits per heavy atom. The first-order chi connectivity index (χ1) is 22.6. The van der Waals surface area contributed by atoms with Gasteiger partial charge in [0.25, 0.3) is 10.4 Å². The number of likely N-dealkylation sites (tertiary alicyclic amines) is 1. The van der Waals surface area contributed by atoms with Gasteiger partial charge >= 0.3 is 5.97 Å². The van der Waals surface area contributed by atoms with Crippen LogP contribution in [0.1, 0.15) is 43.2 Å². The number of benzene rings is 4. The Kier molecular flexibility index (Phi) is 9.51. The topological polar surface area (TPSA) is 73.8 Å². The lowest BCUT2D eigenvalue weighted by atomic mass is 9.91. The van der Waals surface area contributed by atoms with E-state index in [2.05, 4.69) is 33.1 Å². The van der Waals surface area contributed by atoms with Crippen LogP contribution in [0.15, 0.2) is 97.1 Å². The van der Waals surface area contributed by atoms with Crippen LogP contribution in [0.5, 0.6) is 21.9 Å². The maximum absolute atomic E-state index is 12.4. The lowest BCUT2D eigenvalue weighted by Crippen LogP contribution is -2.33. The Labute approximate surface area is 276 Å². The number of nitrogens with zero attached hydrogens (tertiary/aromatic N) is 3. The highest BCUT2D eigenvalue weighted by molar-refractivity contribution is 7.20. The molecule has 9 heteroatoms. The zero-order valence-electron chi connectivity index (χ0n) is 25.5. The van der Waals surface area contributed by atoms with Gasteiger partial charge in [-0.1, -0.05) is 71.2 Å². The zero-order chi connectivity index (χ0) is 31.1. The summed E-state index contributed by atoms with van der Waals surface area (Å²) >= 11 is 3.08. The summed E-state index contributed by atoms with van der Waals surface area (Å²) in [6.07, 6.45) is 4.73. The molecule has 1 aliphatic rings. The van der Waals surface area contributed by atoms with E-state index in [0.29, 0.717) is 28.5 Å². The van der Waals surface area contributed by atoms with E-state index in [1.807, 2.05) is 78.9 Å². The third-order valence-corrected chi connectivity index (χ3v) is 10.1. The van der Waals surface area contributed by atoms with Gasteiger partial charge in [0.05, 0.1) is 20.4 Å². The van der Waals surface area contributed by atoms with E-state index in [1.54, 1.807) is 11.3 Å². The number of carbonyl (C=O) groups excluding carboxylic acids is 1. The maximum atomic E-state index is 12.4. The highest BCUT2D eigenvalue weighted by Crippen LogP contribution is 2.33. The van der Waals surface area contributed by atoms with Gasteiger partial charge in [0, 0.05) is 13.0 Å². The lowest BCUT2D eigenvalue weighted by Gasteiger charge is -2.32. The highest BCUT2D eigenvalue weighted by Gasteiger charge is 2.20. The molecule has 234 valence electrons. The van der Waals surface area contributed by atoms with Crippen molar-refractivity contribution in [2.24, 2.45) is 5.92 Å². The molecule has 0 amide bonds. The second-order valence-corrected chi connectivity index (χ2v) is 13.6. The number of esters is 1. The number of thiazole rings is 2. The average Bonchev–Trinajstić information content (AvgIpc) is 3.69. The Morgan fingerprint density at radius 3 is 1.83 bits per heavy atom. The molecule has 4 aromatic carbocycles. The Balaban J connectivity index is 0.775. The van der Waals surface area contributed by atoms with Gasteiger partial charge in [-0.05, 0) is 104 Å². The summed E-state index contributed by atoms with van der Waals surface area (Å²) in [6.45, 7) is 3.37. The molecule has 1 aliphatic heterocycles. The normalized spacial score (nSPS) is 14.1. The van der Waals surface area contributed by atoms with E-state index >= 15 is 0 Å². The molecule has 0 spiro atoms. The van der Waals surface area contributed by atoms with Crippen molar-refractivity contribution >= 4 is 49.1 Å². The third-order valence-electron chi connectivity index (χ3n) is 8.31. The number of carbonyl (C=O) groups is 1. The van der Waals surface area contributed by atoms with E-state index in [-0.39, 0.29) is 12.6 Å². The standard InChI is InChI=1S/C37H35N3O4S2/c41-35(42-25-28-14-18-30(19-15-28)44-37-39-32-8-2-4-10-34(32)46-37)11-5-6-26-20-22-40(23-21-26)24-27-12-16-29(17-13-27)43-36-38-31-7-1-3-9-33(31)45-36/h1-4,7-10,12-19,26H,5-6,11,20-25H2. The molecule has 0 aliphatic carbocycles. The van der Waals surface area contributed by atoms with Gasteiger partial charge in [0.2, 0.25) is 0 Å². The van der Waals surface area contributed by atoms with Crippen molar-refractivity contribution in [3.8, 4) is 21.9 Å². The monoisotopic (exact) mass is 649 g/mol. The van der Waals surface area contributed by atoms with Crippen LogP contribution in [0.25, 0.3) is 20.4 Å². The van der Waals surface area contributed by atoms with Crippen molar-refractivity contribution in [1.29, 1.82) is 0 Å². The largest absolute Gasteiger partial charge is 0.461 e. The zero-order valence-corrected chi connectivity index (χ0v) is 27.1. The Morgan fingerprint density at radius 2 is 1.26 bits per heavy atom. The number of piperidine rings is 1. The van der Waals surface area contributed by atoms with E-state index in [1.165, 1.54) is 29.7 Å². The Bertz CT molecular complexity index is 1830. The summed E-state index contributed by atoms with van der Waals surface area (Å²) in [5.74, 6) is 2.05. The number of hydrogen-bond donors (Lipinski definition) is 0. The minimum atomic E-state index is -0.136. The minimum absolute atomic E-state index is 0.136. The summed E-state index contributed by atoms with van der Waals surface area (Å²) in [4.78, 5) is 24.0. The molecule has 7 rings (SSSR count). The average molecular weight is 650 g/mol. The number of para-hydroxylation sites is 2. The molecule has 1 fully saturated rings. The van der Waals surface area contributed by atoms with Crippen LogP contribution in [0.2, 0.25) is 0 Å². The molecular weight excluding hydrogens is 615 g/mol. The fourth-order valence-electron chi connectivity index (χ4n) is 5.77. The van der Waals surface area contributed by atoms with Crippen LogP contribution in [0.4, 0.5) is 0 Å². The first kappa shape index (κ1) is 30.3. The van der Waals surface area contributed by atoms with Crippen molar-refractivity contribution < 1.29 is 19.0 Å². The third kappa shape index (κ3) is 7.91. The molecule has 0 bridgehead atoms. The summed E-state index contributed by atoms with van der Waals surface area (Å²) in [5, 5.41) is 1.28. The van der Waals surface area contributed by atoms with Crippen molar-refractivity contribution in [1.82, 2.24) is 14.9 Å². The minimum Gasteiger partial charge on any atom is -0.461 e. The predicted octanol–water partition coefficient (Wildman–Crippen LogP) is 9.62. The number of fused-ring (bicyclic) bond motifs is 2. The number of rotatable bonds is 12. The van der Waals surface area contributed by atoms with E-state index in [0.717, 1.165) is 64.2 Å². The molecular formula is C37H35N3O4S2. The van der Waals surface area contributed by atoms with Gasteiger partial charge in [-0.3, -0.25) is 9.69 Å². The quantitative estimate of drug-likeness (QED) is 0.122. The first-order valence-corrected chi connectivity index (χ1v) is 17.4. The van der Waals surface area contributed by atoms with Crippen molar-refractivity contribution in [2.75, 3.05) is 13.1 Å². The summed E-state index contributed by atoms with van der Waals surface area (Å²) in [6, 6.07) is 32.0. The number of aromatic nitrogens is 2. The van der Waals surface area contributed by atoms with Crippen molar-refractivity contribution in [3.63, 3.8) is 0 Å². The van der Waals surface area contributed by atoms with Gasteiger partial charge < -0.3 is 14.2 Å². The molecule has 0 saturated carbocycles. The molecule has 0 atom stereocenters. The molecule has 7 nitrogen and oxygen atoms in total. The number of hydrogen-bond acceptors (Lipinski definition) is 9. The van der Waals surface area contributed by atoms with Crippen molar-refractivity contribution in [2.45, 2.75) is 45.3 Å². The first-order valence-electron chi connectivity index (χ1n) is 15.8. The Hall–Kier alpha value is -4.31. The molecule has 0 N–H and O–H groups in total. The molecule has 46 heavy (non-hydrogen) atoms. The van der Waals surface area contributed by atoms with Crippen molar-refractivity contribution in [3.05, 3.63) is 108 Å². The van der Waals surface area contributed by atoms with Crippen LogP contribution in [0, 0.1) is 5.92 Å². The lowest BCUT2D eigenvalue weighted by molar-refractivity contribution is -0.145. The van der Waals surface area contributed by atoms with E-state index in [4.69, 9.17) is 14.2 Å².